The number of aromatic nitrogens is 2. The number of nitrogens with zero attached hydrogens (tertiary/aromatic N) is 2. The predicted molar refractivity (Wildman–Crippen MR) is 113 cm³/mol. The van der Waals surface area contributed by atoms with Gasteiger partial charge in [-0.2, -0.15) is 0 Å². The summed E-state index contributed by atoms with van der Waals surface area (Å²) < 4.78 is 22.4. The van der Waals surface area contributed by atoms with E-state index in [0.717, 1.165) is 21.8 Å². The lowest BCUT2D eigenvalue weighted by atomic mass is 10.2. The van der Waals surface area contributed by atoms with Gasteiger partial charge >= 0.3 is 0 Å². The minimum atomic E-state index is -0.244. The van der Waals surface area contributed by atoms with Gasteiger partial charge in [0.15, 0.2) is 11.5 Å². The van der Waals surface area contributed by atoms with Crippen LogP contribution < -0.4 is 19.5 Å². The van der Waals surface area contributed by atoms with Gasteiger partial charge in [0.1, 0.15) is 0 Å². The maximum atomic E-state index is 12.3. The summed E-state index contributed by atoms with van der Waals surface area (Å²) in [4.78, 5) is 12.3. The third kappa shape index (κ3) is 5.21. The van der Waals surface area contributed by atoms with Crippen LogP contribution in [0.3, 0.4) is 0 Å². The number of halogens is 1. The van der Waals surface area contributed by atoms with Crippen molar-refractivity contribution >= 4 is 39.3 Å². The van der Waals surface area contributed by atoms with E-state index < -0.39 is 0 Å². The van der Waals surface area contributed by atoms with Gasteiger partial charge < -0.3 is 23.9 Å². The fraction of sp³-hybridized carbons (Fsp3) is 0.211. The van der Waals surface area contributed by atoms with Crippen LogP contribution in [0, 0.1) is 0 Å². The number of carbonyl (C=O) groups is 1. The van der Waals surface area contributed by atoms with Gasteiger partial charge in [-0.05, 0) is 18.2 Å². The maximum absolute atomic E-state index is 12.3. The third-order valence-electron chi connectivity index (χ3n) is 3.75. The SMILES string of the molecule is COc1cc(NC(=O)CSc2nnc(-c3cccc(Br)c3)o2)cc(OC)c1OC. The van der Waals surface area contributed by atoms with Gasteiger partial charge in [0.05, 0.1) is 27.1 Å². The van der Waals surface area contributed by atoms with Gasteiger partial charge in [-0.15, -0.1) is 10.2 Å². The minimum Gasteiger partial charge on any atom is -0.493 e. The van der Waals surface area contributed by atoms with Gasteiger partial charge in [0, 0.05) is 27.9 Å². The van der Waals surface area contributed by atoms with Crippen molar-refractivity contribution in [2.75, 3.05) is 32.4 Å². The number of hydrogen-bond acceptors (Lipinski definition) is 8. The summed E-state index contributed by atoms with van der Waals surface area (Å²) >= 11 is 4.55. The summed E-state index contributed by atoms with van der Waals surface area (Å²) in [5.41, 5.74) is 1.31. The molecule has 0 unspecified atom stereocenters. The van der Waals surface area contributed by atoms with E-state index in [2.05, 4.69) is 31.4 Å². The highest BCUT2D eigenvalue weighted by Crippen LogP contribution is 2.40. The average molecular weight is 480 g/mol. The first kappa shape index (κ1) is 21.0. The van der Waals surface area contributed by atoms with E-state index in [9.17, 15) is 4.79 Å². The van der Waals surface area contributed by atoms with Crippen molar-refractivity contribution in [2.24, 2.45) is 0 Å². The molecule has 0 saturated carbocycles. The molecule has 0 bridgehead atoms. The van der Waals surface area contributed by atoms with Crippen molar-refractivity contribution in [3.63, 3.8) is 0 Å². The van der Waals surface area contributed by atoms with Crippen molar-refractivity contribution < 1.29 is 23.4 Å². The highest BCUT2D eigenvalue weighted by molar-refractivity contribution is 9.10. The number of rotatable bonds is 8. The molecule has 1 amide bonds. The van der Waals surface area contributed by atoms with E-state index in [0.29, 0.717) is 34.0 Å². The van der Waals surface area contributed by atoms with Crippen LogP contribution in [0.5, 0.6) is 17.2 Å². The molecule has 0 aliphatic carbocycles. The summed E-state index contributed by atoms with van der Waals surface area (Å²) in [7, 11) is 4.54. The number of nitrogens with one attached hydrogen (secondary N) is 1. The molecule has 0 aliphatic heterocycles. The van der Waals surface area contributed by atoms with Gasteiger partial charge in [-0.1, -0.05) is 33.8 Å². The van der Waals surface area contributed by atoms with Crippen molar-refractivity contribution in [3.8, 4) is 28.7 Å². The Morgan fingerprint density at radius 3 is 2.45 bits per heavy atom. The van der Waals surface area contributed by atoms with Crippen molar-refractivity contribution in [2.45, 2.75) is 5.22 Å². The standard InChI is InChI=1S/C19H18BrN3O5S/c1-25-14-8-13(9-15(26-2)17(14)27-3)21-16(24)10-29-19-23-22-18(28-19)11-5-4-6-12(20)7-11/h4-9H,10H2,1-3H3,(H,21,24). The van der Waals surface area contributed by atoms with Gasteiger partial charge in [0.25, 0.3) is 5.22 Å². The number of amides is 1. The first-order valence-electron chi connectivity index (χ1n) is 8.36. The van der Waals surface area contributed by atoms with Crippen LogP contribution >= 0.6 is 27.7 Å². The first-order valence-corrected chi connectivity index (χ1v) is 10.1. The lowest BCUT2D eigenvalue weighted by Gasteiger charge is -2.14. The molecular weight excluding hydrogens is 462 g/mol. The highest BCUT2D eigenvalue weighted by atomic mass is 79.9. The zero-order valence-corrected chi connectivity index (χ0v) is 18.3. The molecule has 1 N–H and O–H groups in total. The second kappa shape index (κ2) is 9.66. The summed E-state index contributed by atoms with van der Waals surface area (Å²) in [6.45, 7) is 0. The second-order valence-electron chi connectivity index (χ2n) is 5.63. The quantitative estimate of drug-likeness (QED) is 0.478. The van der Waals surface area contributed by atoms with Crippen LogP contribution in [0.15, 0.2) is 50.5 Å². The molecule has 0 radical (unpaired) electrons. The van der Waals surface area contributed by atoms with Gasteiger partial charge in [0.2, 0.25) is 17.5 Å². The average Bonchev–Trinajstić information content (AvgIpc) is 3.20. The molecule has 3 aromatic rings. The third-order valence-corrected chi connectivity index (χ3v) is 5.06. The van der Waals surface area contributed by atoms with Crippen LogP contribution in [-0.2, 0) is 4.79 Å². The monoisotopic (exact) mass is 479 g/mol. The number of carbonyl (C=O) groups excluding carboxylic acids is 1. The number of thioether (sulfide) groups is 1. The van der Waals surface area contributed by atoms with Crippen molar-refractivity contribution in [3.05, 3.63) is 40.9 Å². The minimum absolute atomic E-state index is 0.0940. The molecule has 0 spiro atoms. The van der Waals surface area contributed by atoms with E-state index in [1.165, 1.54) is 21.3 Å². The lowest BCUT2D eigenvalue weighted by molar-refractivity contribution is -0.113. The van der Waals surface area contributed by atoms with Crippen molar-refractivity contribution in [1.29, 1.82) is 0 Å². The van der Waals surface area contributed by atoms with Gasteiger partial charge in [-0.3, -0.25) is 4.79 Å². The maximum Gasteiger partial charge on any atom is 0.277 e. The summed E-state index contributed by atoms with van der Waals surface area (Å²) in [6, 6.07) is 10.8. The molecule has 0 saturated heterocycles. The summed E-state index contributed by atoms with van der Waals surface area (Å²) in [5.74, 6) is 1.59. The Labute approximate surface area is 180 Å². The molecule has 1 aromatic heterocycles. The van der Waals surface area contributed by atoms with E-state index in [1.807, 2.05) is 24.3 Å². The molecule has 0 aliphatic rings. The normalized spacial score (nSPS) is 10.5. The Hall–Kier alpha value is -2.72. The Kier molecular flexibility index (Phi) is 6.99. The van der Waals surface area contributed by atoms with Crippen molar-refractivity contribution in [1.82, 2.24) is 10.2 Å². The Balaban J connectivity index is 1.63. The molecule has 10 heteroatoms. The van der Waals surface area contributed by atoms with E-state index in [1.54, 1.807) is 12.1 Å². The summed E-state index contributed by atoms with van der Waals surface area (Å²) in [5, 5.41) is 11.1. The molecule has 0 atom stereocenters. The number of anilines is 1. The molecule has 152 valence electrons. The fourth-order valence-corrected chi connectivity index (χ4v) is 3.45. The van der Waals surface area contributed by atoms with E-state index in [4.69, 9.17) is 18.6 Å². The zero-order chi connectivity index (χ0) is 20.8. The fourth-order valence-electron chi connectivity index (χ4n) is 2.48. The molecule has 8 nitrogen and oxygen atoms in total. The Morgan fingerprint density at radius 2 is 1.83 bits per heavy atom. The smallest absolute Gasteiger partial charge is 0.277 e. The number of methoxy groups -OCH3 is 3. The zero-order valence-electron chi connectivity index (χ0n) is 15.9. The van der Waals surface area contributed by atoms with Crippen LogP contribution in [0.4, 0.5) is 5.69 Å². The molecule has 3 rings (SSSR count). The van der Waals surface area contributed by atoms with E-state index in [-0.39, 0.29) is 11.7 Å². The topological polar surface area (TPSA) is 95.7 Å². The number of hydrogen-bond donors (Lipinski definition) is 1. The van der Waals surface area contributed by atoms with Gasteiger partial charge in [-0.25, -0.2) is 0 Å². The molecule has 2 aromatic carbocycles. The van der Waals surface area contributed by atoms with Crippen LogP contribution in [0.1, 0.15) is 0 Å². The highest BCUT2D eigenvalue weighted by Gasteiger charge is 2.16. The van der Waals surface area contributed by atoms with E-state index >= 15 is 0 Å². The number of benzene rings is 2. The second-order valence-corrected chi connectivity index (χ2v) is 7.48. The molecule has 29 heavy (non-hydrogen) atoms. The predicted octanol–water partition coefficient (Wildman–Crippen LogP) is 4.26. The summed E-state index contributed by atoms with van der Waals surface area (Å²) in [6.07, 6.45) is 0. The Bertz CT molecular complexity index is 986. The molecular formula is C19H18BrN3O5S. The lowest BCUT2D eigenvalue weighted by Crippen LogP contribution is -2.14. The van der Waals surface area contributed by atoms with Crippen LogP contribution in [0.2, 0.25) is 0 Å². The molecule has 1 heterocycles. The largest absolute Gasteiger partial charge is 0.493 e. The molecule has 0 fully saturated rings. The Morgan fingerprint density at radius 1 is 1.10 bits per heavy atom. The van der Waals surface area contributed by atoms with Crippen LogP contribution in [-0.4, -0.2) is 43.2 Å². The first-order chi connectivity index (χ1) is 14.0. The number of ether oxygens (including phenoxy) is 3. The van der Waals surface area contributed by atoms with Crippen LogP contribution in [0.25, 0.3) is 11.5 Å².